The Hall–Kier alpha value is -0.960. The van der Waals surface area contributed by atoms with Crippen LogP contribution in [0.2, 0.25) is 15.1 Å². The number of nitrogens with one attached hydrogen (secondary N) is 1. The van der Waals surface area contributed by atoms with Crippen LogP contribution in [0.4, 0.5) is 10.1 Å². The van der Waals surface area contributed by atoms with Gasteiger partial charge in [-0.15, -0.1) is 0 Å². The van der Waals surface area contributed by atoms with E-state index in [4.69, 9.17) is 34.8 Å². The first-order valence-electron chi connectivity index (χ1n) is 5.19. The molecule has 0 aliphatic carbocycles. The van der Waals surface area contributed by atoms with E-state index in [2.05, 4.69) is 5.32 Å². The predicted octanol–water partition coefficient (Wildman–Crippen LogP) is 5.40. The Labute approximate surface area is 119 Å². The summed E-state index contributed by atoms with van der Waals surface area (Å²) >= 11 is 17.4. The van der Waals surface area contributed by atoms with Gasteiger partial charge in [0.05, 0.1) is 15.1 Å². The summed E-state index contributed by atoms with van der Waals surface area (Å²) in [5, 5.41) is 4.26. The van der Waals surface area contributed by atoms with Gasteiger partial charge in [-0.05, 0) is 35.9 Å². The summed E-state index contributed by atoms with van der Waals surface area (Å²) in [4.78, 5) is 0. The lowest BCUT2D eigenvalue weighted by molar-refractivity contribution is 0.627. The molecule has 2 aromatic carbocycles. The van der Waals surface area contributed by atoms with Gasteiger partial charge in [-0.2, -0.15) is 0 Å². The van der Waals surface area contributed by atoms with Gasteiger partial charge < -0.3 is 5.32 Å². The molecule has 0 aliphatic rings. The predicted molar refractivity (Wildman–Crippen MR) is 75.2 cm³/mol. The Morgan fingerprint density at radius 3 is 2.33 bits per heavy atom. The van der Waals surface area contributed by atoms with Crippen LogP contribution in [0.5, 0.6) is 0 Å². The smallest absolute Gasteiger partial charge is 0.141 e. The van der Waals surface area contributed by atoms with Crippen LogP contribution in [0, 0.1) is 5.82 Å². The second-order valence-corrected chi connectivity index (χ2v) is 4.95. The molecule has 0 bridgehead atoms. The molecular weight excluding hydrogens is 296 g/mol. The van der Waals surface area contributed by atoms with Crippen LogP contribution in [-0.4, -0.2) is 0 Å². The van der Waals surface area contributed by atoms with Gasteiger partial charge in [-0.3, -0.25) is 0 Å². The highest BCUT2D eigenvalue weighted by atomic mass is 35.5. The van der Waals surface area contributed by atoms with E-state index in [9.17, 15) is 4.39 Å². The van der Waals surface area contributed by atoms with E-state index in [0.29, 0.717) is 16.6 Å². The monoisotopic (exact) mass is 303 g/mol. The van der Waals surface area contributed by atoms with Crippen LogP contribution in [-0.2, 0) is 6.54 Å². The molecule has 5 heteroatoms. The van der Waals surface area contributed by atoms with E-state index < -0.39 is 5.82 Å². The van der Waals surface area contributed by atoms with Gasteiger partial charge in [-0.1, -0.05) is 40.9 Å². The molecule has 0 fully saturated rings. The van der Waals surface area contributed by atoms with E-state index in [1.165, 1.54) is 6.07 Å². The zero-order valence-electron chi connectivity index (χ0n) is 9.18. The first-order valence-corrected chi connectivity index (χ1v) is 6.32. The van der Waals surface area contributed by atoms with Crippen molar-refractivity contribution in [2.24, 2.45) is 0 Å². The van der Waals surface area contributed by atoms with Crippen molar-refractivity contribution in [3.8, 4) is 0 Å². The first-order chi connectivity index (χ1) is 8.56. The Morgan fingerprint density at radius 1 is 0.889 bits per heavy atom. The summed E-state index contributed by atoms with van der Waals surface area (Å²) in [5.74, 6) is -0.421. The van der Waals surface area contributed by atoms with Crippen molar-refractivity contribution in [3.05, 3.63) is 62.8 Å². The topological polar surface area (TPSA) is 12.0 Å². The van der Waals surface area contributed by atoms with Crippen LogP contribution >= 0.6 is 34.8 Å². The molecule has 0 radical (unpaired) electrons. The van der Waals surface area contributed by atoms with Crippen molar-refractivity contribution in [2.45, 2.75) is 6.54 Å². The second-order valence-electron chi connectivity index (χ2n) is 3.73. The summed E-state index contributed by atoms with van der Waals surface area (Å²) in [6, 6.07) is 9.86. The number of rotatable bonds is 3. The molecule has 0 atom stereocenters. The second kappa shape index (κ2) is 5.79. The maximum absolute atomic E-state index is 13.0. The fourth-order valence-electron chi connectivity index (χ4n) is 1.46. The van der Waals surface area contributed by atoms with E-state index >= 15 is 0 Å². The van der Waals surface area contributed by atoms with E-state index in [-0.39, 0.29) is 5.02 Å². The molecule has 0 unspecified atom stereocenters. The molecular formula is C13H9Cl3FN. The minimum Gasteiger partial charge on any atom is -0.381 e. The average Bonchev–Trinajstić information content (AvgIpc) is 2.35. The lowest BCUT2D eigenvalue weighted by atomic mass is 10.2. The van der Waals surface area contributed by atoms with Crippen molar-refractivity contribution in [2.75, 3.05) is 5.32 Å². The quantitative estimate of drug-likeness (QED) is 0.800. The van der Waals surface area contributed by atoms with Crippen molar-refractivity contribution in [1.82, 2.24) is 0 Å². The molecule has 0 saturated carbocycles. The van der Waals surface area contributed by atoms with Gasteiger partial charge in [0.25, 0.3) is 0 Å². The molecule has 0 spiro atoms. The highest BCUT2D eigenvalue weighted by Crippen LogP contribution is 2.25. The molecule has 2 rings (SSSR count). The summed E-state index contributed by atoms with van der Waals surface area (Å²) < 4.78 is 13.0. The van der Waals surface area contributed by atoms with Gasteiger partial charge in [0.1, 0.15) is 5.82 Å². The summed E-state index contributed by atoms with van der Waals surface area (Å²) in [6.45, 7) is 0.526. The van der Waals surface area contributed by atoms with Crippen LogP contribution < -0.4 is 5.32 Å². The Balaban J connectivity index is 2.06. The third-order valence-electron chi connectivity index (χ3n) is 2.40. The first kappa shape index (κ1) is 13.5. The third kappa shape index (κ3) is 3.29. The maximum Gasteiger partial charge on any atom is 0.141 e. The van der Waals surface area contributed by atoms with Crippen LogP contribution in [0.25, 0.3) is 0 Å². The van der Waals surface area contributed by atoms with E-state index in [1.807, 2.05) is 6.07 Å². The normalized spacial score (nSPS) is 10.4. The molecule has 0 aromatic heterocycles. The van der Waals surface area contributed by atoms with E-state index in [0.717, 1.165) is 11.3 Å². The number of hydrogen-bond acceptors (Lipinski definition) is 1. The van der Waals surface area contributed by atoms with Crippen molar-refractivity contribution in [1.29, 1.82) is 0 Å². The average molecular weight is 305 g/mol. The molecule has 18 heavy (non-hydrogen) atoms. The van der Waals surface area contributed by atoms with Gasteiger partial charge in [0.15, 0.2) is 0 Å². The van der Waals surface area contributed by atoms with Crippen molar-refractivity contribution >= 4 is 40.5 Å². The highest BCUT2D eigenvalue weighted by Gasteiger charge is 2.02. The molecule has 94 valence electrons. The summed E-state index contributed by atoms with van der Waals surface area (Å²) in [5.41, 5.74) is 1.72. The maximum atomic E-state index is 13.0. The minimum atomic E-state index is -0.421. The number of hydrogen-bond donors (Lipinski definition) is 1. The van der Waals surface area contributed by atoms with Crippen LogP contribution in [0.3, 0.4) is 0 Å². The Morgan fingerprint density at radius 2 is 1.67 bits per heavy atom. The zero-order valence-corrected chi connectivity index (χ0v) is 11.5. The summed E-state index contributed by atoms with van der Waals surface area (Å²) in [7, 11) is 0. The summed E-state index contributed by atoms with van der Waals surface area (Å²) in [6.07, 6.45) is 0. The minimum absolute atomic E-state index is 0.114. The lowest BCUT2D eigenvalue weighted by Crippen LogP contribution is -1.99. The Bertz CT molecular complexity index is 521. The van der Waals surface area contributed by atoms with Crippen molar-refractivity contribution in [3.63, 3.8) is 0 Å². The molecule has 0 amide bonds. The highest BCUT2D eigenvalue weighted by molar-refractivity contribution is 6.42. The molecule has 1 N–H and O–H groups in total. The van der Waals surface area contributed by atoms with Gasteiger partial charge >= 0.3 is 0 Å². The molecule has 0 saturated heterocycles. The van der Waals surface area contributed by atoms with Crippen molar-refractivity contribution < 1.29 is 4.39 Å². The molecule has 0 aliphatic heterocycles. The van der Waals surface area contributed by atoms with Crippen LogP contribution in [0.15, 0.2) is 36.4 Å². The van der Waals surface area contributed by atoms with Gasteiger partial charge in [0.2, 0.25) is 0 Å². The fourth-order valence-corrected chi connectivity index (χ4v) is 1.96. The third-order valence-corrected chi connectivity index (χ3v) is 3.43. The molecule has 2 aromatic rings. The van der Waals surface area contributed by atoms with Crippen LogP contribution in [0.1, 0.15) is 5.56 Å². The zero-order chi connectivity index (χ0) is 13.1. The van der Waals surface area contributed by atoms with E-state index in [1.54, 1.807) is 24.3 Å². The number of benzene rings is 2. The Kier molecular flexibility index (Phi) is 4.33. The fraction of sp³-hybridized carbons (Fsp3) is 0.0769. The number of anilines is 1. The molecule has 0 heterocycles. The standard InChI is InChI=1S/C13H9Cl3FN/c14-10-3-2-9(6-11(10)15)18-7-8-1-4-13(17)12(16)5-8/h1-6,18H,7H2. The van der Waals surface area contributed by atoms with Gasteiger partial charge in [0, 0.05) is 12.2 Å². The lowest BCUT2D eigenvalue weighted by Gasteiger charge is -2.08. The molecule has 1 nitrogen and oxygen atoms in total. The SMILES string of the molecule is Fc1ccc(CNc2ccc(Cl)c(Cl)c2)cc1Cl. The largest absolute Gasteiger partial charge is 0.381 e. The number of halogens is 4. The van der Waals surface area contributed by atoms with Gasteiger partial charge in [-0.25, -0.2) is 4.39 Å².